The Morgan fingerprint density at radius 2 is 1.94 bits per heavy atom. The lowest BCUT2D eigenvalue weighted by Crippen LogP contribution is -2.13. The second-order valence-corrected chi connectivity index (χ2v) is 4.16. The maximum atomic E-state index is 5.40. The van der Waals surface area contributed by atoms with Crippen molar-refractivity contribution in [2.45, 2.75) is 20.0 Å². The SMILES string of the molecule is CCOc1ccc(CNCc2ccn(C)n2)cc1. The molecule has 96 valence electrons. The van der Waals surface area contributed by atoms with Gasteiger partial charge in [-0.2, -0.15) is 5.10 Å². The average Bonchev–Trinajstić information content (AvgIpc) is 2.78. The van der Waals surface area contributed by atoms with Gasteiger partial charge in [0.05, 0.1) is 12.3 Å². The molecule has 0 aliphatic carbocycles. The standard InChI is InChI=1S/C14H19N3O/c1-3-18-14-6-4-12(5-7-14)10-15-11-13-8-9-17(2)16-13/h4-9,15H,3,10-11H2,1-2H3. The topological polar surface area (TPSA) is 39.1 Å². The van der Waals surface area contributed by atoms with Gasteiger partial charge in [-0.1, -0.05) is 12.1 Å². The van der Waals surface area contributed by atoms with Crippen molar-refractivity contribution in [1.82, 2.24) is 15.1 Å². The van der Waals surface area contributed by atoms with E-state index in [0.29, 0.717) is 6.61 Å². The molecular formula is C14H19N3O. The van der Waals surface area contributed by atoms with Gasteiger partial charge in [0, 0.05) is 26.3 Å². The van der Waals surface area contributed by atoms with Gasteiger partial charge in [-0.25, -0.2) is 0 Å². The van der Waals surface area contributed by atoms with Crippen molar-refractivity contribution in [3.63, 3.8) is 0 Å². The number of hydrogen-bond acceptors (Lipinski definition) is 3. The highest BCUT2D eigenvalue weighted by Crippen LogP contribution is 2.11. The third-order valence-corrected chi connectivity index (χ3v) is 2.64. The van der Waals surface area contributed by atoms with Gasteiger partial charge in [0.25, 0.3) is 0 Å². The molecule has 1 N–H and O–H groups in total. The molecule has 2 aromatic rings. The monoisotopic (exact) mass is 245 g/mol. The number of benzene rings is 1. The van der Waals surface area contributed by atoms with Crippen LogP contribution >= 0.6 is 0 Å². The molecule has 1 aromatic carbocycles. The van der Waals surface area contributed by atoms with Crippen LogP contribution in [-0.2, 0) is 20.1 Å². The Morgan fingerprint density at radius 1 is 1.17 bits per heavy atom. The largest absolute Gasteiger partial charge is 0.494 e. The molecule has 0 bridgehead atoms. The molecule has 2 rings (SSSR count). The molecule has 4 heteroatoms. The molecule has 0 radical (unpaired) electrons. The number of ether oxygens (including phenoxy) is 1. The van der Waals surface area contributed by atoms with Crippen molar-refractivity contribution < 1.29 is 4.74 Å². The van der Waals surface area contributed by atoms with E-state index in [1.807, 2.05) is 43.0 Å². The predicted octanol–water partition coefficient (Wildman–Crippen LogP) is 2.11. The van der Waals surface area contributed by atoms with Crippen molar-refractivity contribution >= 4 is 0 Å². The van der Waals surface area contributed by atoms with Gasteiger partial charge in [-0.05, 0) is 30.7 Å². The Labute approximate surface area is 108 Å². The van der Waals surface area contributed by atoms with Gasteiger partial charge < -0.3 is 10.1 Å². The summed E-state index contributed by atoms with van der Waals surface area (Å²) in [7, 11) is 1.93. The highest BCUT2D eigenvalue weighted by Gasteiger charge is 1.98. The fourth-order valence-electron chi connectivity index (χ4n) is 1.76. The van der Waals surface area contributed by atoms with Crippen molar-refractivity contribution in [3.8, 4) is 5.75 Å². The molecule has 0 fully saturated rings. The summed E-state index contributed by atoms with van der Waals surface area (Å²) in [4.78, 5) is 0. The molecule has 0 aliphatic rings. The van der Waals surface area contributed by atoms with Crippen molar-refractivity contribution in [2.24, 2.45) is 7.05 Å². The first-order valence-electron chi connectivity index (χ1n) is 6.19. The van der Waals surface area contributed by atoms with Crippen LogP contribution in [0.1, 0.15) is 18.2 Å². The van der Waals surface area contributed by atoms with Crippen LogP contribution in [0.4, 0.5) is 0 Å². The molecule has 0 saturated heterocycles. The quantitative estimate of drug-likeness (QED) is 0.847. The highest BCUT2D eigenvalue weighted by molar-refractivity contribution is 5.27. The fraction of sp³-hybridized carbons (Fsp3) is 0.357. The molecule has 18 heavy (non-hydrogen) atoms. The second-order valence-electron chi connectivity index (χ2n) is 4.16. The van der Waals surface area contributed by atoms with E-state index in [2.05, 4.69) is 22.5 Å². The van der Waals surface area contributed by atoms with Crippen LogP contribution in [0.25, 0.3) is 0 Å². The number of hydrogen-bond donors (Lipinski definition) is 1. The number of nitrogens with zero attached hydrogens (tertiary/aromatic N) is 2. The lowest BCUT2D eigenvalue weighted by atomic mass is 10.2. The van der Waals surface area contributed by atoms with Crippen LogP contribution in [0.2, 0.25) is 0 Å². The smallest absolute Gasteiger partial charge is 0.119 e. The van der Waals surface area contributed by atoms with Gasteiger partial charge in [0.15, 0.2) is 0 Å². The van der Waals surface area contributed by atoms with Crippen molar-refractivity contribution in [2.75, 3.05) is 6.61 Å². The Balaban J connectivity index is 1.79. The van der Waals surface area contributed by atoms with E-state index in [1.54, 1.807) is 0 Å². The summed E-state index contributed by atoms with van der Waals surface area (Å²) in [5.74, 6) is 0.922. The molecular weight excluding hydrogens is 226 g/mol. The van der Waals surface area contributed by atoms with E-state index < -0.39 is 0 Å². The van der Waals surface area contributed by atoms with Gasteiger partial charge in [0.2, 0.25) is 0 Å². The molecule has 0 spiro atoms. The molecule has 0 aliphatic heterocycles. The Hall–Kier alpha value is -1.81. The zero-order chi connectivity index (χ0) is 12.8. The third kappa shape index (κ3) is 3.60. The lowest BCUT2D eigenvalue weighted by molar-refractivity contribution is 0.340. The van der Waals surface area contributed by atoms with Gasteiger partial charge in [-0.15, -0.1) is 0 Å². The third-order valence-electron chi connectivity index (χ3n) is 2.64. The average molecular weight is 245 g/mol. The number of rotatable bonds is 6. The van der Waals surface area contributed by atoms with Crippen LogP contribution in [-0.4, -0.2) is 16.4 Å². The van der Waals surface area contributed by atoms with E-state index in [-0.39, 0.29) is 0 Å². The van der Waals surface area contributed by atoms with Crippen molar-refractivity contribution in [1.29, 1.82) is 0 Å². The number of nitrogens with one attached hydrogen (secondary N) is 1. The van der Waals surface area contributed by atoms with E-state index in [0.717, 1.165) is 24.5 Å². The summed E-state index contributed by atoms with van der Waals surface area (Å²) >= 11 is 0. The Kier molecular flexibility index (Phi) is 4.36. The van der Waals surface area contributed by atoms with Crippen molar-refractivity contribution in [3.05, 3.63) is 47.8 Å². The van der Waals surface area contributed by atoms with E-state index in [9.17, 15) is 0 Å². The molecule has 0 amide bonds. The number of aryl methyl sites for hydroxylation is 1. The minimum Gasteiger partial charge on any atom is -0.494 e. The van der Waals surface area contributed by atoms with Gasteiger partial charge in [-0.3, -0.25) is 4.68 Å². The summed E-state index contributed by atoms with van der Waals surface area (Å²) in [5, 5.41) is 7.68. The lowest BCUT2D eigenvalue weighted by Gasteiger charge is -2.05. The summed E-state index contributed by atoms with van der Waals surface area (Å²) < 4.78 is 7.22. The summed E-state index contributed by atoms with van der Waals surface area (Å²) in [6.07, 6.45) is 1.95. The molecule has 0 saturated carbocycles. The predicted molar refractivity (Wildman–Crippen MR) is 71.4 cm³/mol. The first-order valence-corrected chi connectivity index (χ1v) is 6.19. The zero-order valence-electron chi connectivity index (χ0n) is 10.9. The molecule has 1 heterocycles. The van der Waals surface area contributed by atoms with Crippen LogP contribution in [0.15, 0.2) is 36.5 Å². The van der Waals surface area contributed by atoms with Crippen LogP contribution < -0.4 is 10.1 Å². The summed E-state index contributed by atoms with van der Waals surface area (Å²) in [6, 6.07) is 10.2. The summed E-state index contributed by atoms with van der Waals surface area (Å²) in [6.45, 7) is 4.32. The second kappa shape index (κ2) is 6.21. The summed E-state index contributed by atoms with van der Waals surface area (Å²) in [5.41, 5.74) is 2.30. The minimum atomic E-state index is 0.706. The Morgan fingerprint density at radius 3 is 2.56 bits per heavy atom. The normalized spacial score (nSPS) is 10.6. The van der Waals surface area contributed by atoms with Gasteiger partial charge >= 0.3 is 0 Å². The first-order chi connectivity index (χ1) is 8.78. The maximum Gasteiger partial charge on any atom is 0.119 e. The number of aromatic nitrogens is 2. The van der Waals surface area contributed by atoms with E-state index in [1.165, 1.54) is 5.56 Å². The van der Waals surface area contributed by atoms with Crippen LogP contribution in [0.3, 0.4) is 0 Å². The van der Waals surface area contributed by atoms with E-state index >= 15 is 0 Å². The van der Waals surface area contributed by atoms with Gasteiger partial charge in [0.1, 0.15) is 5.75 Å². The van der Waals surface area contributed by atoms with E-state index in [4.69, 9.17) is 4.74 Å². The maximum absolute atomic E-state index is 5.40. The zero-order valence-corrected chi connectivity index (χ0v) is 10.9. The molecule has 4 nitrogen and oxygen atoms in total. The molecule has 0 atom stereocenters. The van der Waals surface area contributed by atoms with Crippen LogP contribution in [0.5, 0.6) is 5.75 Å². The Bertz CT molecular complexity index is 476. The van der Waals surface area contributed by atoms with Crippen LogP contribution in [0, 0.1) is 0 Å². The minimum absolute atomic E-state index is 0.706. The fourth-order valence-corrected chi connectivity index (χ4v) is 1.76. The highest BCUT2D eigenvalue weighted by atomic mass is 16.5. The molecule has 1 aromatic heterocycles. The molecule has 0 unspecified atom stereocenters. The first kappa shape index (κ1) is 12.6.